The third-order valence-electron chi connectivity index (χ3n) is 3.38. The number of unbranched alkanes of at least 4 members (excludes halogenated alkanes) is 8. The number of aliphatic hydroxyl groups excluding tert-OH is 1. The summed E-state index contributed by atoms with van der Waals surface area (Å²) in [5.74, 6) is 2.98. The first kappa shape index (κ1) is 16.5. The lowest BCUT2D eigenvalue weighted by atomic mass is 9.98. The van der Waals surface area contributed by atoms with Crippen LogP contribution in [0.2, 0.25) is 0 Å². The van der Waals surface area contributed by atoms with Crippen molar-refractivity contribution in [2.45, 2.75) is 77.6 Å². The maximum Gasteiger partial charge on any atom is 0.0468 e. The van der Waals surface area contributed by atoms with Gasteiger partial charge in [-0.3, -0.25) is 0 Å². The minimum Gasteiger partial charge on any atom is -0.396 e. The van der Waals surface area contributed by atoms with Gasteiger partial charge in [0.15, 0.2) is 0 Å². The van der Waals surface area contributed by atoms with E-state index in [0.29, 0.717) is 5.92 Å². The molecule has 0 aliphatic heterocycles. The summed E-state index contributed by atoms with van der Waals surface area (Å²) < 4.78 is 0. The first-order valence-electron chi connectivity index (χ1n) is 7.39. The van der Waals surface area contributed by atoms with Crippen molar-refractivity contribution in [1.82, 2.24) is 0 Å². The average Bonchev–Trinajstić information content (AvgIpc) is 2.35. The molecule has 0 aromatic carbocycles. The van der Waals surface area contributed by atoms with Crippen LogP contribution >= 0.6 is 0 Å². The van der Waals surface area contributed by atoms with Gasteiger partial charge in [0.2, 0.25) is 0 Å². The third-order valence-corrected chi connectivity index (χ3v) is 3.38. The molecule has 0 spiro atoms. The lowest BCUT2D eigenvalue weighted by Gasteiger charge is -2.10. The van der Waals surface area contributed by atoms with Crippen LogP contribution in [0.1, 0.15) is 77.6 Å². The Morgan fingerprint density at radius 2 is 1.47 bits per heavy atom. The first-order valence-corrected chi connectivity index (χ1v) is 7.39. The van der Waals surface area contributed by atoms with Crippen LogP contribution in [0, 0.1) is 18.3 Å². The highest BCUT2D eigenvalue weighted by molar-refractivity contribution is 4.86. The second-order valence-electron chi connectivity index (χ2n) is 5.07. The van der Waals surface area contributed by atoms with Crippen molar-refractivity contribution >= 4 is 0 Å². The van der Waals surface area contributed by atoms with Crippen molar-refractivity contribution < 1.29 is 5.11 Å². The Labute approximate surface area is 108 Å². The van der Waals surface area contributed by atoms with Gasteiger partial charge >= 0.3 is 0 Å². The van der Waals surface area contributed by atoms with E-state index in [2.05, 4.69) is 12.8 Å². The van der Waals surface area contributed by atoms with Crippen LogP contribution in [0.25, 0.3) is 0 Å². The lowest BCUT2D eigenvalue weighted by Crippen LogP contribution is -2.04. The van der Waals surface area contributed by atoms with Crippen LogP contribution in [0.5, 0.6) is 0 Å². The smallest absolute Gasteiger partial charge is 0.0468 e. The van der Waals surface area contributed by atoms with Gasteiger partial charge in [-0.25, -0.2) is 0 Å². The van der Waals surface area contributed by atoms with E-state index < -0.39 is 0 Å². The van der Waals surface area contributed by atoms with Gasteiger partial charge in [0.25, 0.3) is 0 Å². The molecular weight excluding hydrogens is 208 g/mol. The standard InChI is InChI=1S/C16H30O/c1-3-5-6-7-8-9-10-11-12-14-16(15-17)13-4-2/h2,16-17H,3,5-15H2,1H3. The molecule has 0 aromatic heterocycles. The van der Waals surface area contributed by atoms with Gasteiger partial charge < -0.3 is 5.11 Å². The fourth-order valence-electron chi connectivity index (χ4n) is 2.17. The molecule has 0 fully saturated rings. The Morgan fingerprint density at radius 3 is 1.94 bits per heavy atom. The molecule has 0 aliphatic carbocycles. The van der Waals surface area contributed by atoms with Gasteiger partial charge in [-0.15, -0.1) is 12.3 Å². The average molecular weight is 238 g/mol. The van der Waals surface area contributed by atoms with Crippen molar-refractivity contribution in [1.29, 1.82) is 0 Å². The van der Waals surface area contributed by atoms with E-state index in [1.807, 2.05) is 0 Å². The zero-order valence-electron chi connectivity index (χ0n) is 11.6. The van der Waals surface area contributed by atoms with Crippen molar-refractivity contribution in [2.75, 3.05) is 6.61 Å². The number of hydrogen-bond donors (Lipinski definition) is 1. The van der Waals surface area contributed by atoms with Gasteiger partial charge in [0.05, 0.1) is 0 Å². The minimum absolute atomic E-state index is 0.251. The van der Waals surface area contributed by atoms with Crippen LogP contribution in [0.3, 0.4) is 0 Å². The molecule has 0 saturated carbocycles. The zero-order valence-corrected chi connectivity index (χ0v) is 11.6. The van der Waals surface area contributed by atoms with E-state index in [1.54, 1.807) is 0 Å². The summed E-state index contributed by atoms with van der Waals surface area (Å²) in [6, 6.07) is 0. The molecule has 0 aromatic rings. The van der Waals surface area contributed by atoms with Crippen molar-refractivity contribution in [3.8, 4) is 12.3 Å². The molecule has 17 heavy (non-hydrogen) atoms. The molecule has 1 atom stereocenters. The van der Waals surface area contributed by atoms with Gasteiger partial charge in [-0.1, -0.05) is 64.7 Å². The van der Waals surface area contributed by atoms with Gasteiger partial charge in [-0.2, -0.15) is 0 Å². The Morgan fingerprint density at radius 1 is 0.941 bits per heavy atom. The number of aliphatic hydroxyl groups is 1. The fourth-order valence-corrected chi connectivity index (χ4v) is 2.17. The second-order valence-corrected chi connectivity index (χ2v) is 5.07. The summed E-state index contributed by atoms with van der Waals surface area (Å²) in [5, 5.41) is 9.08. The number of terminal acetylenes is 1. The van der Waals surface area contributed by atoms with E-state index in [0.717, 1.165) is 12.8 Å². The normalized spacial score (nSPS) is 12.3. The van der Waals surface area contributed by atoms with Gasteiger partial charge in [-0.05, 0) is 12.3 Å². The molecule has 0 radical (unpaired) electrons. The van der Waals surface area contributed by atoms with Crippen LogP contribution in [0.15, 0.2) is 0 Å². The van der Waals surface area contributed by atoms with Crippen molar-refractivity contribution in [3.05, 3.63) is 0 Å². The first-order chi connectivity index (χ1) is 8.35. The molecule has 0 bridgehead atoms. The quantitative estimate of drug-likeness (QED) is 0.391. The molecular formula is C16H30O. The highest BCUT2D eigenvalue weighted by atomic mass is 16.3. The molecule has 100 valence electrons. The summed E-state index contributed by atoms with van der Waals surface area (Å²) in [7, 11) is 0. The molecule has 1 N–H and O–H groups in total. The molecule has 1 unspecified atom stereocenters. The summed E-state index contributed by atoms with van der Waals surface area (Å²) in [5.41, 5.74) is 0. The number of hydrogen-bond acceptors (Lipinski definition) is 1. The minimum atomic E-state index is 0.251. The summed E-state index contributed by atoms with van der Waals surface area (Å²) in [6.07, 6.45) is 19.3. The van der Waals surface area contributed by atoms with E-state index in [4.69, 9.17) is 11.5 Å². The highest BCUT2D eigenvalue weighted by Crippen LogP contribution is 2.15. The molecule has 0 heterocycles. The van der Waals surface area contributed by atoms with Crippen LogP contribution in [0.4, 0.5) is 0 Å². The summed E-state index contributed by atoms with van der Waals surface area (Å²) in [6.45, 7) is 2.51. The molecule has 0 rings (SSSR count). The highest BCUT2D eigenvalue weighted by Gasteiger charge is 2.04. The maximum atomic E-state index is 9.08. The predicted octanol–water partition coefficient (Wildman–Crippen LogP) is 4.54. The SMILES string of the molecule is C#CCC(CO)CCCCCCCCCCC. The van der Waals surface area contributed by atoms with Crippen LogP contribution in [-0.2, 0) is 0 Å². The second kappa shape index (κ2) is 13.6. The molecule has 0 aliphatic rings. The molecule has 1 heteroatoms. The van der Waals surface area contributed by atoms with E-state index in [1.165, 1.54) is 57.8 Å². The maximum absolute atomic E-state index is 9.08. The lowest BCUT2D eigenvalue weighted by molar-refractivity contribution is 0.218. The Hall–Kier alpha value is -0.480. The fraction of sp³-hybridized carbons (Fsp3) is 0.875. The summed E-state index contributed by atoms with van der Waals surface area (Å²) in [4.78, 5) is 0. The predicted molar refractivity (Wildman–Crippen MR) is 75.9 cm³/mol. The monoisotopic (exact) mass is 238 g/mol. The van der Waals surface area contributed by atoms with E-state index in [9.17, 15) is 0 Å². The topological polar surface area (TPSA) is 20.2 Å². The van der Waals surface area contributed by atoms with Gasteiger partial charge in [0.1, 0.15) is 0 Å². The number of rotatable bonds is 12. The van der Waals surface area contributed by atoms with Crippen molar-refractivity contribution in [3.63, 3.8) is 0 Å². The molecule has 0 saturated heterocycles. The molecule has 1 nitrogen and oxygen atoms in total. The van der Waals surface area contributed by atoms with Crippen LogP contribution in [-0.4, -0.2) is 11.7 Å². The van der Waals surface area contributed by atoms with E-state index in [-0.39, 0.29) is 6.61 Å². The van der Waals surface area contributed by atoms with Crippen molar-refractivity contribution in [2.24, 2.45) is 5.92 Å². The largest absolute Gasteiger partial charge is 0.396 e. The molecule has 0 amide bonds. The third kappa shape index (κ3) is 11.8. The van der Waals surface area contributed by atoms with Crippen LogP contribution < -0.4 is 0 Å². The van der Waals surface area contributed by atoms with E-state index >= 15 is 0 Å². The zero-order chi connectivity index (χ0) is 12.8. The Bertz CT molecular complexity index is 180. The Balaban J connectivity index is 3.15. The Kier molecular flexibility index (Phi) is 13.2. The summed E-state index contributed by atoms with van der Waals surface area (Å²) >= 11 is 0. The van der Waals surface area contributed by atoms with Gasteiger partial charge in [0, 0.05) is 13.0 Å².